The molecule has 0 unspecified atom stereocenters. The lowest BCUT2D eigenvalue weighted by Gasteiger charge is -2.20. The minimum absolute atomic E-state index is 0.0769. The Bertz CT molecular complexity index is 412. The van der Waals surface area contributed by atoms with Gasteiger partial charge in [-0.25, -0.2) is 4.63 Å². The van der Waals surface area contributed by atoms with Crippen molar-refractivity contribution in [3.8, 4) is 0 Å². The molecule has 1 heterocycles. The Morgan fingerprint density at radius 3 is 2.50 bits per heavy atom. The summed E-state index contributed by atoms with van der Waals surface area (Å²) in [6.45, 7) is 3.30. The maximum absolute atomic E-state index is 11.5. The van der Waals surface area contributed by atoms with E-state index in [0.717, 1.165) is 0 Å². The zero-order valence-electron chi connectivity index (χ0n) is 8.98. The van der Waals surface area contributed by atoms with E-state index in [0.29, 0.717) is 0 Å². The third kappa shape index (κ3) is 2.47. The molecule has 0 saturated heterocycles. The summed E-state index contributed by atoms with van der Waals surface area (Å²) >= 11 is 0. The van der Waals surface area contributed by atoms with Crippen LogP contribution in [0.15, 0.2) is 4.63 Å². The summed E-state index contributed by atoms with van der Waals surface area (Å²) in [4.78, 5) is 22.5. The predicted octanol–water partition coefficient (Wildman–Crippen LogP) is -1.11. The van der Waals surface area contributed by atoms with Gasteiger partial charge in [0, 0.05) is 6.54 Å². The van der Waals surface area contributed by atoms with Gasteiger partial charge in [0.05, 0.1) is 5.41 Å². The molecule has 2 amide bonds. The fourth-order valence-corrected chi connectivity index (χ4v) is 0.825. The SMILES string of the molecule is CC(C)(CNC(=O)c1nonc1N)C(N)=O. The number of nitrogens with two attached hydrogens (primary N) is 2. The zero-order chi connectivity index (χ0) is 12.3. The highest BCUT2D eigenvalue weighted by molar-refractivity contribution is 5.96. The van der Waals surface area contributed by atoms with Gasteiger partial charge in [0.2, 0.25) is 17.4 Å². The molecule has 88 valence electrons. The van der Waals surface area contributed by atoms with Crippen molar-refractivity contribution in [2.24, 2.45) is 11.1 Å². The number of carbonyl (C=O) groups is 2. The standard InChI is InChI=1S/C8H13N5O3/c1-8(2,7(10)15)3-11-6(14)4-5(9)13-16-12-4/h3H2,1-2H3,(H2,9,13)(H2,10,15)(H,11,14). The van der Waals surface area contributed by atoms with Crippen LogP contribution < -0.4 is 16.8 Å². The number of hydrogen-bond donors (Lipinski definition) is 3. The molecule has 1 aromatic rings. The van der Waals surface area contributed by atoms with Gasteiger partial charge in [-0.15, -0.1) is 0 Å². The smallest absolute Gasteiger partial charge is 0.277 e. The fraction of sp³-hybridized carbons (Fsp3) is 0.500. The highest BCUT2D eigenvalue weighted by Crippen LogP contribution is 2.12. The van der Waals surface area contributed by atoms with Crippen molar-refractivity contribution in [2.75, 3.05) is 12.3 Å². The summed E-state index contributed by atoms with van der Waals surface area (Å²) in [6, 6.07) is 0. The molecule has 0 fully saturated rings. The number of carbonyl (C=O) groups excluding carboxylic acids is 2. The summed E-state index contributed by atoms with van der Waals surface area (Å²) in [5, 5.41) is 9.04. The van der Waals surface area contributed by atoms with Crippen LogP contribution in [0.2, 0.25) is 0 Å². The average Bonchev–Trinajstić information content (AvgIpc) is 2.61. The van der Waals surface area contributed by atoms with Gasteiger partial charge in [0.25, 0.3) is 5.91 Å². The van der Waals surface area contributed by atoms with E-state index in [-0.39, 0.29) is 18.1 Å². The summed E-state index contributed by atoms with van der Waals surface area (Å²) in [5.74, 6) is -1.18. The van der Waals surface area contributed by atoms with Crippen LogP contribution >= 0.6 is 0 Å². The predicted molar refractivity (Wildman–Crippen MR) is 54.0 cm³/mol. The zero-order valence-corrected chi connectivity index (χ0v) is 8.98. The molecule has 1 aromatic heterocycles. The van der Waals surface area contributed by atoms with Crippen LogP contribution in [0.25, 0.3) is 0 Å². The lowest BCUT2D eigenvalue weighted by molar-refractivity contribution is -0.125. The summed E-state index contributed by atoms with van der Waals surface area (Å²) < 4.78 is 4.27. The Kier molecular flexibility index (Phi) is 3.11. The fourth-order valence-electron chi connectivity index (χ4n) is 0.825. The van der Waals surface area contributed by atoms with Crippen molar-refractivity contribution in [1.82, 2.24) is 15.6 Å². The Hall–Kier alpha value is -2.12. The third-order valence-corrected chi connectivity index (χ3v) is 2.09. The van der Waals surface area contributed by atoms with E-state index in [1.54, 1.807) is 13.8 Å². The largest absolute Gasteiger partial charge is 0.379 e. The molecule has 0 radical (unpaired) electrons. The van der Waals surface area contributed by atoms with Crippen molar-refractivity contribution in [1.29, 1.82) is 0 Å². The number of rotatable bonds is 4. The second-order valence-corrected chi connectivity index (χ2v) is 3.93. The Labute approximate surface area is 91.3 Å². The van der Waals surface area contributed by atoms with Crippen LogP contribution in [-0.4, -0.2) is 28.7 Å². The van der Waals surface area contributed by atoms with Crippen LogP contribution in [-0.2, 0) is 4.79 Å². The van der Waals surface area contributed by atoms with E-state index < -0.39 is 17.2 Å². The number of primary amides is 1. The van der Waals surface area contributed by atoms with Crippen molar-refractivity contribution in [2.45, 2.75) is 13.8 Å². The molecular weight excluding hydrogens is 214 g/mol. The summed E-state index contributed by atoms with van der Waals surface area (Å²) in [5.41, 5.74) is 9.51. The van der Waals surface area contributed by atoms with Crippen LogP contribution in [0.5, 0.6) is 0 Å². The van der Waals surface area contributed by atoms with Crippen molar-refractivity contribution in [3.63, 3.8) is 0 Å². The molecule has 0 aliphatic rings. The molecule has 0 bridgehead atoms. The molecule has 0 aromatic carbocycles. The lowest BCUT2D eigenvalue weighted by atomic mass is 9.93. The van der Waals surface area contributed by atoms with E-state index in [2.05, 4.69) is 20.3 Å². The minimum Gasteiger partial charge on any atom is -0.379 e. The van der Waals surface area contributed by atoms with E-state index in [9.17, 15) is 9.59 Å². The molecule has 0 saturated carbocycles. The lowest BCUT2D eigenvalue weighted by Crippen LogP contribution is -2.42. The van der Waals surface area contributed by atoms with Gasteiger partial charge in [-0.05, 0) is 24.2 Å². The third-order valence-electron chi connectivity index (χ3n) is 2.09. The number of amides is 2. The van der Waals surface area contributed by atoms with Crippen LogP contribution in [0.3, 0.4) is 0 Å². The molecular formula is C8H13N5O3. The molecule has 1 rings (SSSR count). The second kappa shape index (κ2) is 4.17. The molecule has 0 spiro atoms. The average molecular weight is 227 g/mol. The van der Waals surface area contributed by atoms with Gasteiger partial charge in [-0.3, -0.25) is 9.59 Å². The minimum atomic E-state index is -0.846. The van der Waals surface area contributed by atoms with E-state index in [1.165, 1.54) is 0 Å². The molecule has 0 atom stereocenters. The number of nitrogens with one attached hydrogen (secondary N) is 1. The van der Waals surface area contributed by atoms with Gasteiger partial charge in [0.15, 0.2) is 0 Å². The molecule has 0 aliphatic carbocycles. The highest BCUT2D eigenvalue weighted by Gasteiger charge is 2.26. The van der Waals surface area contributed by atoms with E-state index >= 15 is 0 Å². The summed E-state index contributed by atoms with van der Waals surface area (Å²) in [7, 11) is 0. The maximum Gasteiger partial charge on any atom is 0.277 e. The Morgan fingerprint density at radius 2 is 2.06 bits per heavy atom. The topological polar surface area (TPSA) is 137 Å². The molecule has 0 aliphatic heterocycles. The first-order valence-electron chi connectivity index (χ1n) is 4.51. The first-order chi connectivity index (χ1) is 7.34. The van der Waals surface area contributed by atoms with Crippen molar-refractivity contribution in [3.05, 3.63) is 5.69 Å². The quantitative estimate of drug-likeness (QED) is 0.596. The Balaban J connectivity index is 2.61. The van der Waals surface area contributed by atoms with Gasteiger partial charge < -0.3 is 16.8 Å². The van der Waals surface area contributed by atoms with Gasteiger partial charge in [-0.1, -0.05) is 0 Å². The van der Waals surface area contributed by atoms with Crippen LogP contribution in [0.1, 0.15) is 24.3 Å². The van der Waals surface area contributed by atoms with Crippen molar-refractivity contribution < 1.29 is 14.2 Å². The van der Waals surface area contributed by atoms with E-state index in [4.69, 9.17) is 11.5 Å². The first kappa shape index (κ1) is 12.0. The normalized spacial score (nSPS) is 11.1. The monoisotopic (exact) mass is 227 g/mol. The molecule has 8 heteroatoms. The van der Waals surface area contributed by atoms with Crippen LogP contribution in [0.4, 0.5) is 5.82 Å². The second-order valence-electron chi connectivity index (χ2n) is 3.93. The summed E-state index contributed by atoms with van der Waals surface area (Å²) in [6.07, 6.45) is 0. The number of nitrogens with zero attached hydrogens (tertiary/aromatic N) is 2. The van der Waals surface area contributed by atoms with Gasteiger partial charge >= 0.3 is 0 Å². The molecule has 8 nitrogen and oxygen atoms in total. The Morgan fingerprint density at radius 1 is 1.44 bits per heavy atom. The van der Waals surface area contributed by atoms with Gasteiger partial charge in [-0.2, -0.15) is 0 Å². The number of hydrogen-bond acceptors (Lipinski definition) is 6. The first-order valence-corrected chi connectivity index (χ1v) is 4.51. The number of anilines is 1. The highest BCUT2D eigenvalue weighted by atomic mass is 16.6. The van der Waals surface area contributed by atoms with E-state index in [1.807, 2.05) is 0 Å². The number of nitrogen functional groups attached to an aromatic ring is 1. The number of aromatic nitrogens is 2. The van der Waals surface area contributed by atoms with Crippen molar-refractivity contribution >= 4 is 17.6 Å². The molecule has 5 N–H and O–H groups in total. The molecule has 16 heavy (non-hydrogen) atoms. The maximum atomic E-state index is 11.5. The van der Waals surface area contributed by atoms with Gasteiger partial charge in [0.1, 0.15) is 0 Å². The van der Waals surface area contributed by atoms with Crippen LogP contribution in [0, 0.1) is 5.41 Å².